The summed E-state index contributed by atoms with van der Waals surface area (Å²) in [6, 6.07) is 9.00. The van der Waals surface area contributed by atoms with Crippen molar-refractivity contribution in [1.82, 2.24) is 5.32 Å². The first kappa shape index (κ1) is 12.2. The summed E-state index contributed by atoms with van der Waals surface area (Å²) in [6.45, 7) is 4.22. The van der Waals surface area contributed by atoms with Gasteiger partial charge in [-0.1, -0.05) is 29.8 Å². The highest BCUT2D eigenvalue weighted by Crippen LogP contribution is 2.09. The highest BCUT2D eigenvalue weighted by molar-refractivity contribution is 5.23. The lowest BCUT2D eigenvalue weighted by Crippen LogP contribution is -2.38. The summed E-state index contributed by atoms with van der Waals surface area (Å²) in [7, 11) is 3.74. The molecule has 15 heavy (non-hydrogen) atoms. The average Bonchev–Trinajstić information content (AvgIpc) is 2.25. The monoisotopic (exact) mass is 207 g/mol. The van der Waals surface area contributed by atoms with Gasteiger partial charge in [0.25, 0.3) is 0 Å². The predicted molar refractivity (Wildman–Crippen MR) is 64.2 cm³/mol. The molecule has 2 heteroatoms. The van der Waals surface area contributed by atoms with Crippen molar-refractivity contribution in [3.63, 3.8) is 0 Å². The molecule has 0 aliphatic rings. The fourth-order valence-corrected chi connectivity index (χ4v) is 1.76. The van der Waals surface area contributed by atoms with Crippen molar-refractivity contribution in [3.8, 4) is 0 Å². The summed E-state index contributed by atoms with van der Waals surface area (Å²) >= 11 is 0. The first-order chi connectivity index (χ1) is 7.17. The second-order valence-corrected chi connectivity index (χ2v) is 4.03. The molecule has 2 atom stereocenters. The van der Waals surface area contributed by atoms with Gasteiger partial charge in [0.1, 0.15) is 0 Å². The summed E-state index contributed by atoms with van der Waals surface area (Å²) in [5, 5.41) is 3.30. The number of aryl methyl sites for hydroxylation is 1. The number of rotatable bonds is 5. The van der Waals surface area contributed by atoms with Crippen LogP contribution < -0.4 is 5.32 Å². The van der Waals surface area contributed by atoms with E-state index in [0.29, 0.717) is 6.04 Å². The molecule has 1 aromatic carbocycles. The zero-order valence-electron chi connectivity index (χ0n) is 10.1. The highest BCUT2D eigenvalue weighted by Gasteiger charge is 2.14. The van der Waals surface area contributed by atoms with Crippen LogP contribution >= 0.6 is 0 Å². The van der Waals surface area contributed by atoms with Crippen LogP contribution in [0.15, 0.2) is 24.3 Å². The highest BCUT2D eigenvalue weighted by atomic mass is 16.5. The SMILES string of the molecule is CNC(Cc1cccc(C)c1)C(C)OC. The lowest BCUT2D eigenvalue weighted by atomic mass is 10.0. The van der Waals surface area contributed by atoms with E-state index in [9.17, 15) is 0 Å². The predicted octanol–water partition coefficient (Wildman–Crippen LogP) is 2.16. The second-order valence-electron chi connectivity index (χ2n) is 4.03. The Labute approximate surface area is 92.6 Å². The largest absolute Gasteiger partial charge is 0.380 e. The van der Waals surface area contributed by atoms with Gasteiger partial charge in [0, 0.05) is 13.2 Å². The van der Waals surface area contributed by atoms with E-state index < -0.39 is 0 Å². The van der Waals surface area contributed by atoms with Crippen LogP contribution in [-0.2, 0) is 11.2 Å². The average molecular weight is 207 g/mol. The van der Waals surface area contributed by atoms with Gasteiger partial charge in [0.05, 0.1) is 6.10 Å². The summed E-state index contributed by atoms with van der Waals surface area (Å²) in [5.74, 6) is 0. The van der Waals surface area contributed by atoms with Crippen molar-refractivity contribution in [1.29, 1.82) is 0 Å². The van der Waals surface area contributed by atoms with Gasteiger partial charge >= 0.3 is 0 Å². The van der Waals surface area contributed by atoms with Gasteiger partial charge in [0.2, 0.25) is 0 Å². The Balaban J connectivity index is 2.66. The summed E-state index contributed by atoms with van der Waals surface area (Å²) < 4.78 is 5.34. The van der Waals surface area contributed by atoms with Crippen molar-refractivity contribution in [3.05, 3.63) is 35.4 Å². The molecule has 2 unspecified atom stereocenters. The number of benzene rings is 1. The van der Waals surface area contributed by atoms with Crippen LogP contribution in [0.3, 0.4) is 0 Å². The third-order valence-corrected chi connectivity index (χ3v) is 2.85. The Morgan fingerprint density at radius 1 is 1.40 bits per heavy atom. The van der Waals surface area contributed by atoms with Crippen LogP contribution in [0, 0.1) is 6.92 Å². The zero-order chi connectivity index (χ0) is 11.3. The molecule has 0 amide bonds. The van der Waals surface area contributed by atoms with Gasteiger partial charge in [-0.05, 0) is 32.9 Å². The van der Waals surface area contributed by atoms with Crippen LogP contribution in [0.4, 0.5) is 0 Å². The molecule has 0 bridgehead atoms. The number of methoxy groups -OCH3 is 1. The number of ether oxygens (including phenoxy) is 1. The number of likely N-dealkylation sites (N-methyl/N-ethyl adjacent to an activating group) is 1. The van der Waals surface area contributed by atoms with Gasteiger partial charge in [-0.25, -0.2) is 0 Å². The minimum atomic E-state index is 0.232. The molecular weight excluding hydrogens is 186 g/mol. The molecule has 0 aliphatic heterocycles. The first-order valence-electron chi connectivity index (χ1n) is 5.43. The van der Waals surface area contributed by atoms with Gasteiger partial charge < -0.3 is 10.1 Å². The van der Waals surface area contributed by atoms with E-state index in [0.717, 1.165) is 6.42 Å². The molecule has 0 saturated heterocycles. The normalized spacial score (nSPS) is 14.9. The molecule has 0 saturated carbocycles. The third kappa shape index (κ3) is 3.65. The van der Waals surface area contributed by atoms with E-state index in [-0.39, 0.29) is 6.10 Å². The second kappa shape index (κ2) is 5.89. The van der Waals surface area contributed by atoms with Gasteiger partial charge in [0.15, 0.2) is 0 Å². The Kier molecular flexibility index (Phi) is 4.79. The minimum absolute atomic E-state index is 0.232. The van der Waals surface area contributed by atoms with Crippen LogP contribution in [0.1, 0.15) is 18.1 Å². The Morgan fingerprint density at radius 3 is 2.67 bits per heavy atom. The summed E-state index contributed by atoms with van der Waals surface area (Å²) in [6.07, 6.45) is 1.24. The Hall–Kier alpha value is -0.860. The molecule has 0 fully saturated rings. The molecule has 1 N–H and O–H groups in total. The molecule has 0 heterocycles. The lowest BCUT2D eigenvalue weighted by molar-refractivity contribution is 0.0857. The van der Waals surface area contributed by atoms with Crippen molar-refractivity contribution in [2.45, 2.75) is 32.4 Å². The van der Waals surface area contributed by atoms with Crippen LogP contribution in [0.2, 0.25) is 0 Å². The van der Waals surface area contributed by atoms with Gasteiger partial charge in [-0.2, -0.15) is 0 Å². The molecule has 0 spiro atoms. The Bertz CT molecular complexity index is 298. The topological polar surface area (TPSA) is 21.3 Å². The van der Waals surface area contributed by atoms with Crippen LogP contribution in [-0.4, -0.2) is 26.3 Å². The fraction of sp³-hybridized carbons (Fsp3) is 0.538. The fourth-order valence-electron chi connectivity index (χ4n) is 1.76. The molecule has 0 aliphatic carbocycles. The first-order valence-corrected chi connectivity index (χ1v) is 5.43. The van der Waals surface area contributed by atoms with E-state index in [2.05, 4.69) is 43.4 Å². The summed E-state index contributed by atoms with van der Waals surface area (Å²) in [4.78, 5) is 0. The van der Waals surface area contributed by atoms with Crippen LogP contribution in [0.5, 0.6) is 0 Å². The van der Waals surface area contributed by atoms with Gasteiger partial charge in [-0.3, -0.25) is 0 Å². The van der Waals surface area contributed by atoms with Gasteiger partial charge in [-0.15, -0.1) is 0 Å². The van der Waals surface area contributed by atoms with Crippen molar-refractivity contribution in [2.75, 3.05) is 14.2 Å². The molecule has 1 aromatic rings. The third-order valence-electron chi connectivity index (χ3n) is 2.85. The maximum atomic E-state index is 5.34. The Morgan fingerprint density at radius 2 is 2.13 bits per heavy atom. The molecule has 2 nitrogen and oxygen atoms in total. The van der Waals surface area contributed by atoms with Crippen LogP contribution in [0.25, 0.3) is 0 Å². The van der Waals surface area contributed by atoms with E-state index in [4.69, 9.17) is 4.74 Å². The number of nitrogens with one attached hydrogen (secondary N) is 1. The summed E-state index contributed by atoms with van der Waals surface area (Å²) in [5.41, 5.74) is 2.67. The molecule has 84 valence electrons. The smallest absolute Gasteiger partial charge is 0.0699 e. The van der Waals surface area contributed by atoms with Crippen molar-refractivity contribution >= 4 is 0 Å². The van der Waals surface area contributed by atoms with E-state index in [1.807, 2.05) is 7.05 Å². The van der Waals surface area contributed by atoms with E-state index in [1.165, 1.54) is 11.1 Å². The van der Waals surface area contributed by atoms with E-state index in [1.54, 1.807) is 7.11 Å². The van der Waals surface area contributed by atoms with Crippen molar-refractivity contribution < 1.29 is 4.74 Å². The van der Waals surface area contributed by atoms with E-state index >= 15 is 0 Å². The standard InChI is InChI=1S/C13H21NO/c1-10-6-5-7-12(8-10)9-13(14-3)11(2)15-4/h5-8,11,13-14H,9H2,1-4H3. The number of hydrogen-bond donors (Lipinski definition) is 1. The zero-order valence-corrected chi connectivity index (χ0v) is 10.1. The van der Waals surface area contributed by atoms with Crippen molar-refractivity contribution in [2.24, 2.45) is 0 Å². The maximum absolute atomic E-state index is 5.34. The molecular formula is C13H21NO. The molecule has 1 rings (SSSR count). The minimum Gasteiger partial charge on any atom is -0.380 e. The number of hydrogen-bond acceptors (Lipinski definition) is 2. The quantitative estimate of drug-likeness (QED) is 0.799. The maximum Gasteiger partial charge on any atom is 0.0699 e. The lowest BCUT2D eigenvalue weighted by Gasteiger charge is -2.22. The molecule has 0 aromatic heterocycles. The molecule has 0 radical (unpaired) electrons.